The molecule has 0 bridgehead atoms. The molecule has 0 radical (unpaired) electrons. The molecule has 3 heteroatoms. The van der Waals surface area contributed by atoms with E-state index in [2.05, 4.69) is 13.0 Å². The van der Waals surface area contributed by atoms with Gasteiger partial charge in [0.15, 0.2) is 0 Å². The van der Waals surface area contributed by atoms with Crippen LogP contribution in [0.1, 0.15) is 47.5 Å². The summed E-state index contributed by atoms with van der Waals surface area (Å²) in [7, 11) is 1.78. The van der Waals surface area contributed by atoms with Crippen LogP contribution in [0.3, 0.4) is 0 Å². The summed E-state index contributed by atoms with van der Waals surface area (Å²) in [4.78, 5) is 13.6. The summed E-state index contributed by atoms with van der Waals surface area (Å²) in [5.74, 6) is 0. The van der Waals surface area contributed by atoms with Crippen LogP contribution >= 0.6 is 0 Å². The molecule has 0 aromatic carbocycles. The van der Waals surface area contributed by atoms with Gasteiger partial charge in [-0.3, -0.25) is 4.90 Å². The van der Waals surface area contributed by atoms with E-state index in [4.69, 9.17) is 4.74 Å². The van der Waals surface area contributed by atoms with Gasteiger partial charge in [-0.05, 0) is 58.6 Å². The summed E-state index contributed by atoms with van der Waals surface area (Å²) in [5.41, 5.74) is 3.07. The number of hydrogen-bond acceptors (Lipinski definition) is 2. The van der Waals surface area contributed by atoms with Crippen LogP contribution in [0.2, 0.25) is 0 Å². The van der Waals surface area contributed by atoms with E-state index in [1.807, 2.05) is 27.7 Å². The van der Waals surface area contributed by atoms with Gasteiger partial charge in [0, 0.05) is 12.7 Å². The number of likely N-dealkylation sites (N-methyl/N-ethyl adjacent to an activating group) is 1. The van der Waals surface area contributed by atoms with Crippen LogP contribution in [0, 0.1) is 0 Å². The summed E-state index contributed by atoms with van der Waals surface area (Å²) in [6, 6.07) is 0. The number of ether oxygens (including phenoxy) is 1. The van der Waals surface area contributed by atoms with Crippen molar-refractivity contribution in [1.82, 2.24) is 4.90 Å². The maximum atomic E-state index is 12.0. The lowest BCUT2D eigenvalue weighted by molar-refractivity contribution is 0.0356. The van der Waals surface area contributed by atoms with Gasteiger partial charge in [-0.15, -0.1) is 0 Å². The first-order valence-electron chi connectivity index (χ1n) is 6.08. The highest BCUT2D eigenvalue weighted by Gasteiger charge is 2.27. The largest absolute Gasteiger partial charge is 0.443 e. The Kier molecular flexibility index (Phi) is 4.02. The fourth-order valence-electron chi connectivity index (χ4n) is 2.04. The van der Waals surface area contributed by atoms with Gasteiger partial charge < -0.3 is 4.74 Å². The number of nitrogens with zero attached hydrogens (tertiary/aromatic N) is 1. The van der Waals surface area contributed by atoms with Crippen molar-refractivity contribution in [3.8, 4) is 0 Å². The molecule has 0 aromatic heterocycles. The predicted octanol–water partition coefficient (Wildman–Crippen LogP) is 3.87. The Morgan fingerprint density at radius 3 is 2.41 bits per heavy atom. The normalized spacial score (nSPS) is 18.8. The van der Waals surface area contributed by atoms with Crippen molar-refractivity contribution in [1.29, 1.82) is 0 Å². The molecule has 0 heterocycles. The van der Waals surface area contributed by atoms with Crippen molar-refractivity contribution in [3.05, 3.63) is 22.9 Å². The smallest absolute Gasteiger partial charge is 0.414 e. The van der Waals surface area contributed by atoms with Crippen LogP contribution < -0.4 is 0 Å². The molecule has 0 aromatic rings. The first kappa shape index (κ1) is 13.8. The zero-order chi connectivity index (χ0) is 13.2. The van der Waals surface area contributed by atoms with Crippen molar-refractivity contribution in [2.45, 2.75) is 53.1 Å². The average Bonchev–Trinajstić information content (AvgIpc) is 2.55. The molecule has 1 aliphatic carbocycles. The van der Waals surface area contributed by atoms with E-state index in [-0.39, 0.29) is 6.09 Å². The van der Waals surface area contributed by atoms with Gasteiger partial charge in [0.2, 0.25) is 0 Å². The third-order valence-corrected chi connectivity index (χ3v) is 2.83. The summed E-state index contributed by atoms with van der Waals surface area (Å²) < 4.78 is 5.38. The summed E-state index contributed by atoms with van der Waals surface area (Å²) in [6.07, 6.45) is 3.84. The minimum Gasteiger partial charge on any atom is -0.443 e. The molecule has 3 nitrogen and oxygen atoms in total. The molecule has 0 saturated carbocycles. The standard InChI is InChI=1S/C14H23NO2/c1-7-11-9-8-10(2)12(11)15(6)13(16)17-14(3,4)5/h7H,8-9H2,1-6H3/b11-7+. The molecule has 0 unspecified atom stereocenters. The second kappa shape index (κ2) is 4.94. The van der Waals surface area contributed by atoms with E-state index in [1.54, 1.807) is 11.9 Å². The van der Waals surface area contributed by atoms with Gasteiger partial charge >= 0.3 is 6.09 Å². The van der Waals surface area contributed by atoms with Gasteiger partial charge in [0.05, 0.1) is 0 Å². The zero-order valence-corrected chi connectivity index (χ0v) is 11.8. The second-order valence-electron chi connectivity index (χ2n) is 5.48. The van der Waals surface area contributed by atoms with Crippen molar-refractivity contribution >= 4 is 6.09 Å². The third kappa shape index (κ3) is 3.35. The number of carbonyl (C=O) groups excluding carboxylic acids is 1. The Bertz CT molecular complexity index is 372. The molecule has 1 aliphatic rings. The molecule has 0 N–H and O–H groups in total. The molecule has 96 valence electrons. The highest BCUT2D eigenvalue weighted by Crippen LogP contribution is 2.33. The number of rotatable bonds is 1. The molecule has 0 aliphatic heterocycles. The van der Waals surface area contributed by atoms with E-state index in [0.29, 0.717) is 0 Å². The van der Waals surface area contributed by atoms with Gasteiger partial charge in [-0.2, -0.15) is 0 Å². The van der Waals surface area contributed by atoms with Crippen LogP contribution in [-0.2, 0) is 4.74 Å². The molecule has 1 amide bonds. The molecular formula is C14H23NO2. The fourth-order valence-corrected chi connectivity index (χ4v) is 2.04. The van der Waals surface area contributed by atoms with E-state index in [9.17, 15) is 4.79 Å². The molecule has 17 heavy (non-hydrogen) atoms. The lowest BCUT2D eigenvalue weighted by atomic mass is 10.2. The Labute approximate surface area is 104 Å². The topological polar surface area (TPSA) is 29.5 Å². The van der Waals surface area contributed by atoms with E-state index < -0.39 is 5.60 Å². The van der Waals surface area contributed by atoms with Crippen LogP contribution in [0.25, 0.3) is 0 Å². The zero-order valence-electron chi connectivity index (χ0n) is 11.8. The molecule has 0 spiro atoms. The predicted molar refractivity (Wildman–Crippen MR) is 69.7 cm³/mol. The first-order chi connectivity index (χ1) is 7.76. The third-order valence-electron chi connectivity index (χ3n) is 2.83. The maximum absolute atomic E-state index is 12.0. The Balaban J connectivity index is 2.86. The van der Waals surface area contributed by atoms with E-state index in [0.717, 1.165) is 18.5 Å². The Hall–Kier alpha value is -1.25. The highest BCUT2D eigenvalue weighted by atomic mass is 16.6. The van der Waals surface area contributed by atoms with Crippen LogP contribution in [0.5, 0.6) is 0 Å². The second-order valence-corrected chi connectivity index (χ2v) is 5.48. The number of carbonyl (C=O) groups is 1. The van der Waals surface area contributed by atoms with Gasteiger partial charge in [0.1, 0.15) is 5.60 Å². The van der Waals surface area contributed by atoms with Crippen molar-refractivity contribution in [2.75, 3.05) is 7.05 Å². The van der Waals surface area contributed by atoms with Crippen LogP contribution in [0.15, 0.2) is 22.9 Å². The minimum atomic E-state index is -0.450. The molecule has 1 rings (SSSR count). The molecule has 0 saturated heterocycles. The average molecular weight is 237 g/mol. The van der Waals surface area contributed by atoms with Gasteiger partial charge in [-0.25, -0.2) is 4.79 Å². The first-order valence-corrected chi connectivity index (χ1v) is 6.08. The monoisotopic (exact) mass is 237 g/mol. The quantitative estimate of drug-likeness (QED) is 0.693. The lowest BCUT2D eigenvalue weighted by Crippen LogP contribution is -2.34. The van der Waals surface area contributed by atoms with Gasteiger partial charge in [0.25, 0.3) is 0 Å². The van der Waals surface area contributed by atoms with Crippen molar-refractivity contribution in [2.24, 2.45) is 0 Å². The van der Waals surface area contributed by atoms with E-state index >= 15 is 0 Å². The van der Waals surface area contributed by atoms with Crippen LogP contribution in [-0.4, -0.2) is 23.6 Å². The number of amides is 1. The Morgan fingerprint density at radius 2 is 1.94 bits per heavy atom. The molecule has 0 fully saturated rings. The minimum absolute atomic E-state index is 0.284. The van der Waals surface area contributed by atoms with E-state index in [1.165, 1.54) is 11.1 Å². The highest BCUT2D eigenvalue weighted by molar-refractivity contribution is 5.72. The summed E-state index contributed by atoms with van der Waals surface area (Å²) in [6.45, 7) is 9.73. The van der Waals surface area contributed by atoms with Crippen LogP contribution in [0.4, 0.5) is 4.79 Å². The SMILES string of the molecule is C/C=C1\CCC(C)=C1N(C)C(=O)OC(C)(C)C. The lowest BCUT2D eigenvalue weighted by Gasteiger charge is -2.26. The Morgan fingerprint density at radius 1 is 1.35 bits per heavy atom. The van der Waals surface area contributed by atoms with Crippen molar-refractivity contribution in [3.63, 3.8) is 0 Å². The maximum Gasteiger partial charge on any atom is 0.414 e. The molecular weight excluding hydrogens is 214 g/mol. The number of hydrogen-bond donors (Lipinski definition) is 0. The number of allylic oxidation sites excluding steroid dienone is 3. The van der Waals surface area contributed by atoms with Crippen molar-refractivity contribution < 1.29 is 9.53 Å². The molecule has 0 atom stereocenters. The summed E-state index contributed by atoms with van der Waals surface area (Å²) in [5, 5.41) is 0. The summed E-state index contributed by atoms with van der Waals surface area (Å²) >= 11 is 0. The van der Waals surface area contributed by atoms with Gasteiger partial charge in [-0.1, -0.05) is 6.08 Å². The fraction of sp³-hybridized carbons (Fsp3) is 0.643.